The van der Waals surface area contributed by atoms with Crippen LogP contribution in [0.3, 0.4) is 0 Å². The van der Waals surface area contributed by atoms with E-state index in [2.05, 4.69) is 6.92 Å². The summed E-state index contributed by atoms with van der Waals surface area (Å²) < 4.78 is 11.2. The molecule has 0 bridgehead atoms. The zero-order valence-corrected chi connectivity index (χ0v) is 17.5. The van der Waals surface area contributed by atoms with Crippen LogP contribution in [0.15, 0.2) is 23.8 Å². The highest BCUT2D eigenvalue weighted by Gasteiger charge is 2.82. The molecule has 0 aromatic heterocycles. The van der Waals surface area contributed by atoms with E-state index in [9.17, 15) is 24.6 Å². The number of Topliss-reactive ketones (excluding diaryl/α,β-unsaturated/α-hetero) is 1. The zero-order chi connectivity index (χ0) is 21.7. The molecule has 8 atom stereocenters. The number of fused-ring (bicyclic) bond motifs is 3. The molecule has 4 aliphatic carbocycles. The average molecular weight is 416 g/mol. The third kappa shape index (κ3) is 2.13. The lowest BCUT2D eigenvalue weighted by atomic mass is 9.47. The van der Waals surface area contributed by atoms with Gasteiger partial charge in [-0.25, -0.2) is 0 Å². The van der Waals surface area contributed by atoms with Gasteiger partial charge in [-0.1, -0.05) is 18.6 Å². The second kappa shape index (κ2) is 5.90. The number of ketones is 2. The van der Waals surface area contributed by atoms with Gasteiger partial charge in [-0.05, 0) is 56.6 Å². The molecule has 3 saturated carbocycles. The monoisotopic (exact) mass is 416 g/mol. The van der Waals surface area contributed by atoms with Gasteiger partial charge in [0, 0.05) is 17.8 Å². The molecule has 1 spiro atoms. The van der Waals surface area contributed by atoms with Crippen LogP contribution in [-0.2, 0) is 23.9 Å². The Hall–Kier alpha value is -1.83. The lowest BCUT2D eigenvalue weighted by molar-refractivity contribution is -0.177. The molecule has 7 heteroatoms. The fraction of sp³-hybridized carbons (Fsp3) is 0.696. The first-order chi connectivity index (χ1) is 14.0. The van der Waals surface area contributed by atoms with Crippen LogP contribution in [0.5, 0.6) is 0 Å². The number of hydrogen-bond donors (Lipinski definition) is 2. The van der Waals surface area contributed by atoms with Crippen molar-refractivity contribution in [1.29, 1.82) is 0 Å². The lowest BCUT2D eigenvalue weighted by Gasteiger charge is -2.55. The van der Waals surface area contributed by atoms with E-state index >= 15 is 0 Å². The fourth-order valence-corrected chi connectivity index (χ4v) is 7.44. The van der Waals surface area contributed by atoms with Crippen molar-refractivity contribution in [1.82, 2.24) is 0 Å². The molecule has 1 heterocycles. The molecule has 0 aromatic carbocycles. The number of allylic oxidation sites excluding steroid dienone is 2. The van der Waals surface area contributed by atoms with Gasteiger partial charge in [-0.2, -0.15) is 0 Å². The predicted octanol–water partition coefficient (Wildman–Crippen LogP) is 1.26. The van der Waals surface area contributed by atoms with E-state index in [1.807, 2.05) is 13.0 Å². The highest BCUT2D eigenvalue weighted by Crippen LogP contribution is 2.75. The molecule has 0 aromatic rings. The van der Waals surface area contributed by atoms with Crippen molar-refractivity contribution in [3.8, 4) is 0 Å². The van der Waals surface area contributed by atoms with Crippen molar-refractivity contribution in [2.75, 3.05) is 6.61 Å². The van der Waals surface area contributed by atoms with Gasteiger partial charge in [-0.15, -0.1) is 0 Å². The average Bonchev–Trinajstić information content (AvgIpc) is 3.36. The van der Waals surface area contributed by atoms with Crippen molar-refractivity contribution in [3.63, 3.8) is 0 Å². The Morgan fingerprint density at radius 1 is 1.30 bits per heavy atom. The van der Waals surface area contributed by atoms with Crippen LogP contribution in [0, 0.1) is 22.7 Å². The second-order valence-electron chi connectivity index (χ2n) is 10.1. The van der Waals surface area contributed by atoms with Crippen molar-refractivity contribution in [2.24, 2.45) is 22.7 Å². The number of esters is 1. The van der Waals surface area contributed by atoms with E-state index < -0.39 is 46.5 Å². The Balaban J connectivity index is 1.52. The Morgan fingerprint density at radius 3 is 2.73 bits per heavy atom. The molecule has 162 valence electrons. The van der Waals surface area contributed by atoms with Gasteiger partial charge >= 0.3 is 5.97 Å². The van der Waals surface area contributed by atoms with Crippen LogP contribution in [0.25, 0.3) is 0 Å². The normalized spacial score (nSPS) is 50.6. The quantitative estimate of drug-likeness (QED) is 0.526. The first-order valence-electron chi connectivity index (χ1n) is 10.7. The van der Waals surface area contributed by atoms with Gasteiger partial charge in [0.25, 0.3) is 0 Å². The summed E-state index contributed by atoms with van der Waals surface area (Å²) >= 11 is 0. The number of hydrogen-bond acceptors (Lipinski definition) is 7. The van der Waals surface area contributed by atoms with Crippen LogP contribution < -0.4 is 0 Å². The molecule has 7 nitrogen and oxygen atoms in total. The summed E-state index contributed by atoms with van der Waals surface area (Å²) in [6.07, 6.45) is 6.14. The Bertz CT molecular complexity index is 921. The summed E-state index contributed by atoms with van der Waals surface area (Å²) in [6, 6.07) is 0. The van der Waals surface area contributed by atoms with Gasteiger partial charge in [0.1, 0.15) is 5.60 Å². The predicted molar refractivity (Wildman–Crippen MR) is 104 cm³/mol. The summed E-state index contributed by atoms with van der Waals surface area (Å²) in [7, 11) is 0. The maximum Gasteiger partial charge on any atom is 0.303 e. The minimum absolute atomic E-state index is 0.00287. The highest BCUT2D eigenvalue weighted by molar-refractivity contribution is 6.01. The molecule has 4 fully saturated rings. The summed E-state index contributed by atoms with van der Waals surface area (Å²) in [5.41, 5.74) is -2.66. The molecule has 0 radical (unpaired) electrons. The van der Waals surface area contributed by atoms with E-state index in [0.717, 1.165) is 18.4 Å². The first-order valence-corrected chi connectivity index (χ1v) is 10.7. The SMILES string of the molecule is CC(=O)OCC(=O)[C@@]1(O)[C@H](O)CC2C3CCC4=CC(=O)C=C[C@]4(C)C34OC4C[C@@]21C. The summed E-state index contributed by atoms with van der Waals surface area (Å²) in [6.45, 7) is 4.62. The minimum Gasteiger partial charge on any atom is -0.458 e. The summed E-state index contributed by atoms with van der Waals surface area (Å²) in [5, 5.41) is 22.4. The Labute approximate surface area is 175 Å². The lowest BCUT2D eigenvalue weighted by Crippen LogP contribution is -2.63. The number of epoxide rings is 1. The fourth-order valence-electron chi connectivity index (χ4n) is 7.44. The van der Waals surface area contributed by atoms with Crippen molar-refractivity contribution in [3.05, 3.63) is 23.8 Å². The van der Waals surface area contributed by atoms with Crippen molar-refractivity contribution >= 4 is 17.5 Å². The molecule has 0 amide bonds. The van der Waals surface area contributed by atoms with Crippen LogP contribution in [-0.4, -0.2) is 57.8 Å². The van der Waals surface area contributed by atoms with Crippen LogP contribution in [0.1, 0.15) is 46.5 Å². The molecule has 5 aliphatic rings. The topological polar surface area (TPSA) is 113 Å². The number of carbonyl (C=O) groups is 3. The standard InChI is InChI=1S/C23H28O7/c1-12(24)29-11-18(27)22(28)17(26)9-16-15-5-4-13-8-14(25)6-7-20(13,2)23(15)19(30-23)10-21(16,22)3/h6-8,15-17,19,26,28H,4-5,9-11H2,1-3H3/t15?,16?,17-,19?,20+,21+,22+,23?/m1/s1. The van der Waals surface area contributed by atoms with Crippen LogP contribution >= 0.6 is 0 Å². The van der Waals surface area contributed by atoms with E-state index in [-0.39, 0.29) is 23.7 Å². The van der Waals surface area contributed by atoms with Gasteiger partial charge in [0.15, 0.2) is 18.0 Å². The Kier molecular flexibility index (Phi) is 3.95. The molecular formula is C23H28O7. The smallest absolute Gasteiger partial charge is 0.303 e. The molecular weight excluding hydrogens is 388 g/mol. The molecule has 2 N–H and O–H groups in total. The first kappa shape index (κ1) is 20.1. The van der Waals surface area contributed by atoms with Gasteiger partial charge in [0.2, 0.25) is 5.78 Å². The van der Waals surface area contributed by atoms with Crippen LogP contribution in [0.4, 0.5) is 0 Å². The number of rotatable bonds is 3. The summed E-state index contributed by atoms with van der Waals surface area (Å²) in [4.78, 5) is 36.1. The van der Waals surface area contributed by atoms with E-state index in [4.69, 9.17) is 9.47 Å². The van der Waals surface area contributed by atoms with E-state index in [0.29, 0.717) is 12.8 Å². The maximum absolute atomic E-state index is 13.0. The second-order valence-corrected chi connectivity index (χ2v) is 10.1. The Morgan fingerprint density at radius 2 is 2.03 bits per heavy atom. The molecule has 5 rings (SSSR count). The molecule has 4 unspecified atom stereocenters. The van der Waals surface area contributed by atoms with Crippen molar-refractivity contribution in [2.45, 2.75) is 69.9 Å². The summed E-state index contributed by atoms with van der Waals surface area (Å²) in [5.74, 6) is -1.34. The van der Waals surface area contributed by atoms with Gasteiger partial charge in [0.05, 0.1) is 12.2 Å². The van der Waals surface area contributed by atoms with E-state index in [1.54, 1.807) is 12.2 Å². The van der Waals surface area contributed by atoms with E-state index in [1.165, 1.54) is 6.92 Å². The molecule has 1 aliphatic heterocycles. The number of aliphatic hydroxyl groups is 2. The highest BCUT2D eigenvalue weighted by atomic mass is 16.6. The van der Waals surface area contributed by atoms with Crippen LogP contribution in [0.2, 0.25) is 0 Å². The van der Waals surface area contributed by atoms with Crippen molar-refractivity contribution < 1.29 is 34.1 Å². The van der Waals surface area contributed by atoms with Gasteiger partial charge in [-0.3, -0.25) is 14.4 Å². The maximum atomic E-state index is 13.0. The number of carbonyl (C=O) groups excluding carboxylic acids is 3. The third-order valence-corrected chi connectivity index (χ3v) is 8.99. The number of ether oxygens (including phenoxy) is 2. The molecule has 30 heavy (non-hydrogen) atoms. The minimum atomic E-state index is -1.99. The third-order valence-electron chi connectivity index (χ3n) is 8.99. The zero-order valence-electron chi connectivity index (χ0n) is 17.5. The largest absolute Gasteiger partial charge is 0.458 e. The molecule has 1 saturated heterocycles. The number of aliphatic hydroxyl groups excluding tert-OH is 1. The van der Waals surface area contributed by atoms with Gasteiger partial charge < -0.3 is 19.7 Å².